The maximum absolute atomic E-state index is 12.0. The summed E-state index contributed by atoms with van der Waals surface area (Å²) in [7, 11) is 0. The minimum atomic E-state index is -0.951. The molecule has 8 heteroatoms. The standard InChI is InChI=1S/C23H29ClN2O5/c1-5-30-19-10-17(13-25-12-15-6-8-16(9-7-15)22(28)29)18(24)11-20(19)31-14-21(27)26-23(2,3)4/h6-11,25H,5,12-14H2,1-4H3,(H,26,27)(H,28,29). The van der Waals surface area contributed by atoms with E-state index >= 15 is 0 Å². The molecular weight excluding hydrogens is 420 g/mol. The summed E-state index contributed by atoms with van der Waals surface area (Å²) in [6.45, 7) is 8.88. The second-order valence-electron chi connectivity index (χ2n) is 8.02. The number of aromatic carboxylic acids is 1. The van der Waals surface area contributed by atoms with Crippen molar-refractivity contribution in [2.24, 2.45) is 0 Å². The zero-order chi connectivity index (χ0) is 23.0. The first-order chi connectivity index (χ1) is 14.6. The van der Waals surface area contributed by atoms with Crippen LogP contribution in [0.3, 0.4) is 0 Å². The Balaban J connectivity index is 2.01. The molecule has 0 saturated carbocycles. The number of nitrogens with one attached hydrogen (secondary N) is 2. The number of carboxylic acid groups (broad SMARTS) is 1. The number of halogens is 1. The van der Waals surface area contributed by atoms with E-state index in [-0.39, 0.29) is 23.6 Å². The molecule has 0 aromatic heterocycles. The maximum Gasteiger partial charge on any atom is 0.335 e. The number of ether oxygens (including phenoxy) is 2. The summed E-state index contributed by atoms with van der Waals surface area (Å²) in [5, 5.41) is 15.6. The largest absolute Gasteiger partial charge is 0.490 e. The van der Waals surface area contributed by atoms with Crippen molar-refractivity contribution in [1.82, 2.24) is 10.6 Å². The van der Waals surface area contributed by atoms with Crippen molar-refractivity contribution in [3.8, 4) is 11.5 Å². The highest BCUT2D eigenvalue weighted by molar-refractivity contribution is 6.31. The van der Waals surface area contributed by atoms with Crippen molar-refractivity contribution < 1.29 is 24.2 Å². The summed E-state index contributed by atoms with van der Waals surface area (Å²) in [4.78, 5) is 23.0. The fraction of sp³-hybridized carbons (Fsp3) is 0.391. The van der Waals surface area contributed by atoms with Gasteiger partial charge in [0.05, 0.1) is 12.2 Å². The average molecular weight is 449 g/mol. The Morgan fingerprint density at radius 2 is 1.68 bits per heavy atom. The maximum atomic E-state index is 12.0. The lowest BCUT2D eigenvalue weighted by molar-refractivity contribution is -0.124. The van der Waals surface area contributed by atoms with Crippen LogP contribution in [0, 0.1) is 0 Å². The van der Waals surface area contributed by atoms with Crippen LogP contribution in [0.15, 0.2) is 36.4 Å². The molecule has 3 N–H and O–H groups in total. The van der Waals surface area contributed by atoms with E-state index in [2.05, 4.69) is 10.6 Å². The Morgan fingerprint density at radius 3 is 2.26 bits per heavy atom. The van der Waals surface area contributed by atoms with Gasteiger partial charge in [0.25, 0.3) is 5.91 Å². The minimum absolute atomic E-state index is 0.141. The van der Waals surface area contributed by atoms with E-state index in [1.807, 2.05) is 27.7 Å². The van der Waals surface area contributed by atoms with Crippen LogP contribution in [0.25, 0.3) is 0 Å². The van der Waals surface area contributed by atoms with Crippen molar-refractivity contribution in [2.45, 2.75) is 46.3 Å². The third-order valence-electron chi connectivity index (χ3n) is 4.13. The Bertz CT molecular complexity index is 907. The molecule has 0 aliphatic rings. The molecule has 7 nitrogen and oxygen atoms in total. The number of hydrogen-bond donors (Lipinski definition) is 3. The molecule has 2 aromatic carbocycles. The van der Waals surface area contributed by atoms with Crippen LogP contribution in [-0.4, -0.2) is 35.7 Å². The van der Waals surface area contributed by atoms with Crippen LogP contribution in [0.4, 0.5) is 0 Å². The molecule has 0 saturated heterocycles. The highest BCUT2D eigenvalue weighted by Crippen LogP contribution is 2.33. The van der Waals surface area contributed by atoms with Crippen LogP contribution < -0.4 is 20.1 Å². The number of benzene rings is 2. The van der Waals surface area contributed by atoms with E-state index in [0.717, 1.165) is 11.1 Å². The minimum Gasteiger partial charge on any atom is -0.490 e. The van der Waals surface area contributed by atoms with E-state index < -0.39 is 5.97 Å². The van der Waals surface area contributed by atoms with E-state index in [1.165, 1.54) is 0 Å². The molecule has 0 aliphatic heterocycles. The topological polar surface area (TPSA) is 96.9 Å². The Kier molecular flexibility index (Phi) is 8.71. The zero-order valence-corrected chi connectivity index (χ0v) is 19.0. The molecule has 0 bridgehead atoms. The molecule has 1 amide bonds. The van der Waals surface area contributed by atoms with Crippen LogP contribution >= 0.6 is 11.6 Å². The molecule has 0 heterocycles. The van der Waals surface area contributed by atoms with Gasteiger partial charge in [0.2, 0.25) is 0 Å². The van der Waals surface area contributed by atoms with Gasteiger partial charge in [-0.15, -0.1) is 0 Å². The van der Waals surface area contributed by atoms with Gasteiger partial charge in [-0.2, -0.15) is 0 Å². The van der Waals surface area contributed by atoms with Gasteiger partial charge in [-0.25, -0.2) is 4.79 Å². The van der Waals surface area contributed by atoms with Crippen LogP contribution in [0.1, 0.15) is 49.2 Å². The molecular formula is C23H29ClN2O5. The monoisotopic (exact) mass is 448 g/mol. The molecule has 0 fully saturated rings. The Hall–Kier alpha value is -2.77. The van der Waals surface area contributed by atoms with Gasteiger partial charge in [0.1, 0.15) is 0 Å². The van der Waals surface area contributed by atoms with Gasteiger partial charge in [0, 0.05) is 29.7 Å². The number of carboxylic acids is 1. The molecule has 2 aromatic rings. The molecule has 2 rings (SSSR count). The fourth-order valence-electron chi connectivity index (χ4n) is 2.80. The van der Waals surface area contributed by atoms with Gasteiger partial charge in [-0.3, -0.25) is 4.79 Å². The Labute approximate surface area is 187 Å². The van der Waals surface area contributed by atoms with Crippen molar-refractivity contribution in [3.05, 3.63) is 58.1 Å². The lowest BCUT2D eigenvalue weighted by Gasteiger charge is -2.21. The van der Waals surface area contributed by atoms with Crippen LogP contribution in [0.2, 0.25) is 5.02 Å². The molecule has 0 unspecified atom stereocenters. The highest BCUT2D eigenvalue weighted by atomic mass is 35.5. The summed E-state index contributed by atoms with van der Waals surface area (Å²) in [5.74, 6) is -0.263. The summed E-state index contributed by atoms with van der Waals surface area (Å²) in [6, 6.07) is 10.1. The number of rotatable bonds is 10. The Morgan fingerprint density at radius 1 is 1.03 bits per heavy atom. The summed E-state index contributed by atoms with van der Waals surface area (Å²) in [6.07, 6.45) is 0. The normalized spacial score (nSPS) is 11.1. The molecule has 31 heavy (non-hydrogen) atoms. The van der Waals surface area contributed by atoms with Gasteiger partial charge in [-0.05, 0) is 57.0 Å². The average Bonchev–Trinajstić information content (AvgIpc) is 2.68. The predicted molar refractivity (Wildman–Crippen MR) is 120 cm³/mol. The van der Waals surface area contributed by atoms with Gasteiger partial charge in [-0.1, -0.05) is 23.7 Å². The first-order valence-electron chi connectivity index (χ1n) is 10.0. The highest BCUT2D eigenvalue weighted by Gasteiger charge is 2.16. The van der Waals surface area contributed by atoms with E-state index in [0.29, 0.717) is 36.2 Å². The quantitative estimate of drug-likeness (QED) is 0.508. The van der Waals surface area contributed by atoms with Crippen molar-refractivity contribution in [2.75, 3.05) is 13.2 Å². The lowest BCUT2D eigenvalue weighted by Crippen LogP contribution is -2.43. The summed E-state index contributed by atoms with van der Waals surface area (Å²) < 4.78 is 11.3. The van der Waals surface area contributed by atoms with E-state index in [4.69, 9.17) is 26.2 Å². The number of carbonyl (C=O) groups excluding carboxylic acids is 1. The number of amides is 1. The van der Waals surface area contributed by atoms with Crippen LogP contribution in [-0.2, 0) is 17.9 Å². The predicted octanol–water partition coefficient (Wildman–Crippen LogP) is 4.02. The first kappa shape index (κ1) is 24.5. The fourth-order valence-corrected chi connectivity index (χ4v) is 3.02. The van der Waals surface area contributed by atoms with Gasteiger partial charge < -0.3 is 25.2 Å². The van der Waals surface area contributed by atoms with Crippen molar-refractivity contribution >= 4 is 23.5 Å². The second-order valence-corrected chi connectivity index (χ2v) is 8.42. The number of carbonyl (C=O) groups is 2. The van der Waals surface area contributed by atoms with Crippen LogP contribution in [0.5, 0.6) is 11.5 Å². The molecule has 168 valence electrons. The van der Waals surface area contributed by atoms with Crippen molar-refractivity contribution in [3.63, 3.8) is 0 Å². The summed E-state index contributed by atoms with van der Waals surface area (Å²) >= 11 is 6.42. The summed E-state index contributed by atoms with van der Waals surface area (Å²) in [5.41, 5.74) is 1.68. The third-order valence-corrected chi connectivity index (χ3v) is 4.48. The smallest absolute Gasteiger partial charge is 0.335 e. The van der Waals surface area contributed by atoms with Gasteiger partial charge in [0.15, 0.2) is 18.1 Å². The molecule has 0 spiro atoms. The SMILES string of the molecule is CCOc1cc(CNCc2ccc(C(=O)O)cc2)c(Cl)cc1OCC(=O)NC(C)(C)C. The van der Waals surface area contributed by atoms with Gasteiger partial charge >= 0.3 is 5.97 Å². The molecule has 0 atom stereocenters. The first-order valence-corrected chi connectivity index (χ1v) is 10.4. The molecule has 0 aliphatic carbocycles. The van der Waals surface area contributed by atoms with E-state index in [9.17, 15) is 9.59 Å². The van der Waals surface area contributed by atoms with E-state index in [1.54, 1.807) is 36.4 Å². The molecule has 0 radical (unpaired) electrons. The third kappa shape index (κ3) is 8.11. The lowest BCUT2D eigenvalue weighted by atomic mass is 10.1. The number of hydrogen-bond acceptors (Lipinski definition) is 5. The van der Waals surface area contributed by atoms with Crippen molar-refractivity contribution in [1.29, 1.82) is 0 Å². The zero-order valence-electron chi connectivity index (χ0n) is 18.3. The second kappa shape index (κ2) is 11.0.